The molecule has 5 nitrogen and oxygen atoms in total. The van der Waals surface area contributed by atoms with Crippen LogP contribution in [0.2, 0.25) is 10.0 Å². The highest BCUT2D eigenvalue weighted by Crippen LogP contribution is 2.26. The number of carbonyl (C=O) groups excluding carboxylic acids is 1. The molecule has 0 aliphatic rings. The molecule has 8 heteroatoms. The number of fused-ring (bicyclic) bond motifs is 1. The van der Waals surface area contributed by atoms with Gasteiger partial charge in [0.25, 0.3) is 5.91 Å². The average Bonchev–Trinajstić information content (AvgIpc) is 3.07. The first kappa shape index (κ1) is 18.6. The Bertz CT molecular complexity index is 1070. The quantitative estimate of drug-likeness (QED) is 0.484. The molecular weight excluding hydrogens is 395 g/mol. The van der Waals surface area contributed by atoms with Crippen LogP contribution in [-0.2, 0) is 0 Å². The molecule has 134 valence electrons. The predicted molar refractivity (Wildman–Crippen MR) is 106 cm³/mol. The monoisotopic (exact) mass is 408 g/mol. The molecular formula is C18H14Cl2N2O3S. The zero-order valence-corrected chi connectivity index (χ0v) is 16.2. The number of hydrazone groups is 1. The fourth-order valence-electron chi connectivity index (χ4n) is 2.27. The Labute approximate surface area is 163 Å². The van der Waals surface area contributed by atoms with Crippen molar-refractivity contribution in [3.05, 3.63) is 66.1 Å². The number of hydrogen-bond donors (Lipinski definition) is 1. The minimum Gasteiger partial charge on any atom is -0.462 e. The second kappa shape index (κ2) is 7.61. The van der Waals surface area contributed by atoms with Gasteiger partial charge in [0, 0.05) is 15.3 Å². The highest BCUT2D eigenvalue weighted by molar-refractivity contribution is 7.10. The maximum atomic E-state index is 12.5. The number of rotatable bonds is 4. The van der Waals surface area contributed by atoms with E-state index in [0.717, 1.165) is 4.88 Å². The standard InChI is InChI=1S/C18H14Cl2N2O3S/c1-9(2)15-3-10(8-26-15)18(24)22-21-6-11-7-25-17-13(16(11)23)4-12(19)5-14(17)20/h3-9H,1-2H3,(H,22,24). The first-order chi connectivity index (χ1) is 12.4. The van der Waals surface area contributed by atoms with E-state index >= 15 is 0 Å². The minimum atomic E-state index is -0.347. The van der Waals surface area contributed by atoms with E-state index in [4.69, 9.17) is 27.6 Å². The molecule has 1 N–H and O–H groups in total. The van der Waals surface area contributed by atoms with Crippen molar-refractivity contribution >= 4 is 57.6 Å². The van der Waals surface area contributed by atoms with Gasteiger partial charge >= 0.3 is 0 Å². The lowest BCUT2D eigenvalue weighted by Gasteiger charge is -2.01. The summed E-state index contributed by atoms with van der Waals surface area (Å²) in [6.07, 6.45) is 2.47. The van der Waals surface area contributed by atoms with E-state index in [2.05, 4.69) is 24.4 Å². The number of amides is 1. The Morgan fingerprint density at radius 3 is 2.77 bits per heavy atom. The number of benzene rings is 1. The molecule has 0 unspecified atom stereocenters. The lowest BCUT2D eigenvalue weighted by atomic mass is 10.1. The van der Waals surface area contributed by atoms with Crippen LogP contribution >= 0.6 is 34.5 Å². The second-order valence-corrected chi connectivity index (χ2v) is 7.66. The predicted octanol–water partition coefficient (Wildman–Crippen LogP) is 5.05. The molecule has 0 aliphatic carbocycles. The number of halogens is 2. The Hall–Kier alpha value is -2.15. The molecule has 2 aromatic heterocycles. The zero-order valence-electron chi connectivity index (χ0n) is 13.9. The maximum Gasteiger partial charge on any atom is 0.272 e. The van der Waals surface area contributed by atoms with Crippen molar-refractivity contribution in [2.45, 2.75) is 19.8 Å². The lowest BCUT2D eigenvalue weighted by Crippen LogP contribution is -2.18. The van der Waals surface area contributed by atoms with Gasteiger partial charge in [-0.2, -0.15) is 5.10 Å². The molecule has 0 radical (unpaired) electrons. The van der Waals surface area contributed by atoms with Crippen LogP contribution in [0.3, 0.4) is 0 Å². The largest absolute Gasteiger partial charge is 0.462 e. The summed E-state index contributed by atoms with van der Waals surface area (Å²) in [6, 6.07) is 4.80. The van der Waals surface area contributed by atoms with Crippen molar-refractivity contribution in [2.75, 3.05) is 0 Å². The number of hydrogen-bond acceptors (Lipinski definition) is 5. The molecule has 0 saturated carbocycles. The van der Waals surface area contributed by atoms with Crippen molar-refractivity contribution in [2.24, 2.45) is 5.10 Å². The fourth-order valence-corrected chi connectivity index (χ4v) is 3.71. The Morgan fingerprint density at radius 1 is 1.31 bits per heavy atom. The summed E-state index contributed by atoms with van der Waals surface area (Å²) in [4.78, 5) is 25.7. The molecule has 0 atom stereocenters. The van der Waals surface area contributed by atoms with Crippen molar-refractivity contribution in [3.63, 3.8) is 0 Å². The normalized spacial score (nSPS) is 11.6. The second-order valence-electron chi connectivity index (χ2n) is 5.88. The summed E-state index contributed by atoms with van der Waals surface area (Å²) in [5, 5.41) is 6.44. The molecule has 1 aromatic carbocycles. The van der Waals surface area contributed by atoms with Crippen LogP contribution in [0, 0.1) is 0 Å². The molecule has 0 aliphatic heterocycles. The van der Waals surface area contributed by atoms with Crippen LogP contribution in [0.25, 0.3) is 11.0 Å². The topological polar surface area (TPSA) is 71.7 Å². The molecule has 3 rings (SSSR count). The number of thiophene rings is 1. The smallest absolute Gasteiger partial charge is 0.272 e. The van der Waals surface area contributed by atoms with Gasteiger partial charge in [0.15, 0.2) is 5.58 Å². The zero-order chi connectivity index (χ0) is 18.8. The van der Waals surface area contributed by atoms with Crippen LogP contribution in [-0.4, -0.2) is 12.1 Å². The van der Waals surface area contributed by atoms with Gasteiger partial charge in [0.1, 0.15) is 6.26 Å². The number of nitrogens with one attached hydrogen (secondary N) is 1. The molecule has 1 amide bonds. The van der Waals surface area contributed by atoms with Gasteiger partial charge < -0.3 is 4.42 Å². The Morgan fingerprint density at radius 2 is 2.08 bits per heavy atom. The molecule has 0 spiro atoms. The van der Waals surface area contributed by atoms with E-state index in [1.807, 2.05) is 6.07 Å². The van der Waals surface area contributed by atoms with E-state index in [1.54, 1.807) is 5.38 Å². The summed E-state index contributed by atoms with van der Waals surface area (Å²) >= 11 is 13.5. The Balaban J connectivity index is 1.81. The van der Waals surface area contributed by atoms with Gasteiger partial charge in [-0.05, 0) is 24.1 Å². The van der Waals surface area contributed by atoms with Gasteiger partial charge in [-0.25, -0.2) is 5.43 Å². The molecule has 3 aromatic rings. The summed E-state index contributed by atoms with van der Waals surface area (Å²) < 4.78 is 5.39. The van der Waals surface area contributed by atoms with Gasteiger partial charge in [-0.15, -0.1) is 11.3 Å². The Kier molecular flexibility index (Phi) is 5.46. The molecule has 2 heterocycles. The van der Waals surface area contributed by atoms with Crippen molar-refractivity contribution in [1.82, 2.24) is 5.43 Å². The van der Waals surface area contributed by atoms with Crippen LogP contribution in [0.1, 0.15) is 40.6 Å². The van der Waals surface area contributed by atoms with E-state index in [0.29, 0.717) is 16.5 Å². The summed E-state index contributed by atoms with van der Waals surface area (Å²) in [5.41, 5.74) is 3.01. The maximum absolute atomic E-state index is 12.5. The van der Waals surface area contributed by atoms with Gasteiger partial charge in [0.05, 0.1) is 27.8 Å². The number of carbonyl (C=O) groups is 1. The molecule has 0 fully saturated rings. The minimum absolute atomic E-state index is 0.171. The number of nitrogens with zero attached hydrogens (tertiary/aromatic N) is 1. The van der Waals surface area contributed by atoms with E-state index in [9.17, 15) is 9.59 Å². The third-order valence-electron chi connectivity index (χ3n) is 3.64. The summed E-state index contributed by atoms with van der Waals surface area (Å²) in [5.74, 6) is 0.00611. The fraction of sp³-hybridized carbons (Fsp3) is 0.167. The van der Waals surface area contributed by atoms with E-state index in [-0.39, 0.29) is 32.9 Å². The summed E-state index contributed by atoms with van der Waals surface area (Å²) in [7, 11) is 0. The van der Waals surface area contributed by atoms with Crippen molar-refractivity contribution in [1.29, 1.82) is 0 Å². The SMILES string of the molecule is CC(C)c1cc(C(=O)NN=Cc2coc3c(Cl)cc(Cl)cc3c2=O)cs1. The molecule has 26 heavy (non-hydrogen) atoms. The van der Waals surface area contributed by atoms with Gasteiger partial charge in [-0.1, -0.05) is 37.0 Å². The molecule has 0 bridgehead atoms. The third-order valence-corrected chi connectivity index (χ3v) is 5.37. The van der Waals surface area contributed by atoms with Crippen LogP contribution in [0.4, 0.5) is 0 Å². The van der Waals surface area contributed by atoms with E-state index in [1.165, 1.54) is 35.9 Å². The van der Waals surface area contributed by atoms with Crippen molar-refractivity contribution in [3.8, 4) is 0 Å². The van der Waals surface area contributed by atoms with Crippen LogP contribution in [0.15, 0.2) is 44.2 Å². The summed E-state index contributed by atoms with van der Waals surface area (Å²) in [6.45, 7) is 4.12. The van der Waals surface area contributed by atoms with Crippen LogP contribution in [0.5, 0.6) is 0 Å². The average molecular weight is 409 g/mol. The third kappa shape index (κ3) is 3.82. The van der Waals surface area contributed by atoms with Crippen LogP contribution < -0.4 is 10.9 Å². The molecule has 0 saturated heterocycles. The van der Waals surface area contributed by atoms with Gasteiger partial charge in [-0.3, -0.25) is 9.59 Å². The van der Waals surface area contributed by atoms with E-state index < -0.39 is 0 Å². The first-order valence-corrected chi connectivity index (χ1v) is 9.32. The highest BCUT2D eigenvalue weighted by Gasteiger charge is 2.11. The highest BCUT2D eigenvalue weighted by atomic mass is 35.5. The van der Waals surface area contributed by atoms with Gasteiger partial charge in [0.2, 0.25) is 5.43 Å². The first-order valence-electron chi connectivity index (χ1n) is 7.69. The lowest BCUT2D eigenvalue weighted by molar-refractivity contribution is 0.0955. The van der Waals surface area contributed by atoms with Crippen molar-refractivity contribution < 1.29 is 9.21 Å².